The molecule has 178 valence electrons. The molecule has 2 atom stereocenters. The number of piperazine rings is 1. The molecule has 0 radical (unpaired) electrons. The van der Waals surface area contributed by atoms with Gasteiger partial charge in [-0.25, -0.2) is 9.59 Å². The topological polar surface area (TPSA) is 143 Å². The van der Waals surface area contributed by atoms with Crippen LogP contribution in [0.1, 0.15) is 29.9 Å². The van der Waals surface area contributed by atoms with Gasteiger partial charge < -0.3 is 26.6 Å². The fourth-order valence-electron chi connectivity index (χ4n) is 4.72. The molecular formula is C25H29N5O4. The molecule has 0 unspecified atom stereocenters. The molecule has 9 nitrogen and oxygen atoms in total. The van der Waals surface area contributed by atoms with E-state index >= 15 is 0 Å². The number of aliphatic imine (C=N–C) groups is 1. The Balaban J connectivity index is 1.49. The summed E-state index contributed by atoms with van der Waals surface area (Å²) >= 11 is 0. The number of aliphatic carboxylic acids is 1. The Labute approximate surface area is 198 Å². The Morgan fingerprint density at radius 3 is 2.32 bits per heavy atom. The van der Waals surface area contributed by atoms with Crippen LogP contribution in [0.4, 0.5) is 4.79 Å². The zero-order valence-electron chi connectivity index (χ0n) is 18.8. The van der Waals surface area contributed by atoms with Gasteiger partial charge in [0.05, 0.1) is 12.6 Å². The number of hydrogen-bond acceptors (Lipinski definition) is 5. The third kappa shape index (κ3) is 4.68. The predicted octanol–water partition coefficient (Wildman–Crippen LogP) is 2.23. The van der Waals surface area contributed by atoms with Crippen molar-refractivity contribution < 1.29 is 19.4 Å². The quantitative estimate of drug-likeness (QED) is 0.280. The lowest BCUT2D eigenvalue weighted by molar-refractivity contribution is -0.140. The SMILES string of the molecule is C=C1N[C@H](C(=O)O)CN(C(=O)OCC2c3ccccc3-c3ccccc32)[C@@H]1CCCN=C(N)N. The van der Waals surface area contributed by atoms with Gasteiger partial charge in [0.2, 0.25) is 0 Å². The highest BCUT2D eigenvalue weighted by Crippen LogP contribution is 2.44. The molecular weight excluding hydrogens is 434 g/mol. The number of nitrogens with two attached hydrogens (primary N) is 2. The number of fused-ring (bicyclic) bond motifs is 3. The normalized spacial score (nSPS) is 19.1. The van der Waals surface area contributed by atoms with Crippen LogP contribution in [0, 0.1) is 0 Å². The lowest BCUT2D eigenvalue weighted by atomic mass is 9.98. The number of carbonyl (C=O) groups is 2. The maximum atomic E-state index is 13.2. The van der Waals surface area contributed by atoms with Crippen molar-refractivity contribution in [2.45, 2.75) is 30.8 Å². The van der Waals surface area contributed by atoms with Gasteiger partial charge in [0, 0.05) is 18.2 Å². The van der Waals surface area contributed by atoms with Crippen LogP contribution in [0.25, 0.3) is 11.1 Å². The van der Waals surface area contributed by atoms with Crippen molar-refractivity contribution in [1.29, 1.82) is 0 Å². The standard InChI is InChI=1S/C25H29N5O4/c1-15-22(11-6-12-28-24(26)27)30(13-21(29-15)23(31)32)25(33)34-14-20-18-9-4-2-7-16(18)17-8-3-5-10-19(17)20/h2-5,7-10,20-22,29H,1,6,11-14H2,(H,31,32)(H4,26,27,28)/t21-,22+/m0/s1. The average molecular weight is 464 g/mol. The van der Waals surface area contributed by atoms with E-state index in [4.69, 9.17) is 16.2 Å². The fourth-order valence-corrected chi connectivity index (χ4v) is 4.72. The van der Waals surface area contributed by atoms with Gasteiger partial charge in [0.15, 0.2) is 5.96 Å². The maximum Gasteiger partial charge on any atom is 0.410 e. The molecule has 6 N–H and O–H groups in total. The number of nitrogens with zero attached hydrogens (tertiary/aromatic N) is 2. The first-order valence-corrected chi connectivity index (χ1v) is 11.2. The Hall–Kier alpha value is -4.01. The van der Waals surface area contributed by atoms with Crippen LogP contribution in [0.2, 0.25) is 0 Å². The van der Waals surface area contributed by atoms with E-state index < -0.39 is 24.1 Å². The minimum atomic E-state index is -1.06. The van der Waals surface area contributed by atoms with Crippen molar-refractivity contribution in [3.05, 3.63) is 71.9 Å². The third-order valence-electron chi connectivity index (χ3n) is 6.32. The van der Waals surface area contributed by atoms with Crippen LogP contribution in [-0.2, 0) is 9.53 Å². The van der Waals surface area contributed by atoms with Gasteiger partial charge in [-0.2, -0.15) is 0 Å². The minimum Gasteiger partial charge on any atom is -0.480 e. The van der Waals surface area contributed by atoms with Crippen molar-refractivity contribution >= 4 is 18.0 Å². The number of carbonyl (C=O) groups excluding carboxylic acids is 1. The summed E-state index contributed by atoms with van der Waals surface area (Å²) in [5, 5.41) is 12.4. The Bertz CT molecular complexity index is 1080. The second-order valence-corrected chi connectivity index (χ2v) is 8.48. The molecule has 4 rings (SSSR count). The molecule has 1 fully saturated rings. The van der Waals surface area contributed by atoms with E-state index in [2.05, 4.69) is 29.0 Å². The summed E-state index contributed by atoms with van der Waals surface area (Å²) in [6.07, 6.45) is 0.537. The highest BCUT2D eigenvalue weighted by molar-refractivity contribution is 5.80. The van der Waals surface area contributed by atoms with E-state index in [1.165, 1.54) is 4.90 Å². The number of nitrogens with one attached hydrogen (secondary N) is 1. The molecule has 1 amide bonds. The zero-order chi connectivity index (χ0) is 24.2. The molecule has 0 aromatic heterocycles. The van der Waals surface area contributed by atoms with E-state index in [-0.39, 0.29) is 25.0 Å². The van der Waals surface area contributed by atoms with Crippen molar-refractivity contribution in [1.82, 2.24) is 10.2 Å². The summed E-state index contributed by atoms with van der Waals surface area (Å²) in [6.45, 7) is 4.48. The van der Waals surface area contributed by atoms with Gasteiger partial charge in [0.25, 0.3) is 0 Å². The van der Waals surface area contributed by atoms with E-state index in [1.54, 1.807) is 0 Å². The van der Waals surface area contributed by atoms with Gasteiger partial charge in [-0.15, -0.1) is 0 Å². The van der Waals surface area contributed by atoms with Crippen LogP contribution < -0.4 is 16.8 Å². The van der Waals surface area contributed by atoms with Gasteiger partial charge >= 0.3 is 12.1 Å². The van der Waals surface area contributed by atoms with Crippen molar-refractivity contribution in [3.8, 4) is 11.1 Å². The fraction of sp³-hybridized carbons (Fsp3) is 0.320. The van der Waals surface area contributed by atoms with Crippen LogP contribution in [0.15, 0.2) is 65.8 Å². The Morgan fingerprint density at radius 1 is 1.12 bits per heavy atom. The maximum absolute atomic E-state index is 13.2. The lowest BCUT2D eigenvalue weighted by Gasteiger charge is -2.40. The molecule has 1 aliphatic heterocycles. The van der Waals surface area contributed by atoms with E-state index in [0.717, 1.165) is 22.3 Å². The van der Waals surface area contributed by atoms with E-state index in [0.29, 0.717) is 25.1 Å². The smallest absolute Gasteiger partial charge is 0.410 e. The average Bonchev–Trinajstić information content (AvgIpc) is 3.14. The monoisotopic (exact) mass is 463 g/mol. The molecule has 2 aliphatic rings. The second kappa shape index (κ2) is 9.86. The summed E-state index contributed by atoms with van der Waals surface area (Å²) < 4.78 is 5.79. The summed E-state index contributed by atoms with van der Waals surface area (Å²) in [6, 6.07) is 14.8. The number of rotatable bonds is 7. The first kappa shape index (κ1) is 23.2. The van der Waals surface area contributed by atoms with Gasteiger partial charge in [0.1, 0.15) is 12.6 Å². The van der Waals surface area contributed by atoms with Crippen molar-refractivity contribution in [2.75, 3.05) is 19.7 Å². The first-order valence-electron chi connectivity index (χ1n) is 11.2. The van der Waals surface area contributed by atoms with Crippen molar-refractivity contribution in [3.63, 3.8) is 0 Å². The van der Waals surface area contributed by atoms with Gasteiger partial charge in [-0.3, -0.25) is 9.89 Å². The summed E-state index contributed by atoms with van der Waals surface area (Å²) in [4.78, 5) is 30.3. The molecule has 0 bridgehead atoms. The zero-order valence-corrected chi connectivity index (χ0v) is 18.8. The first-order chi connectivity index (χ1) is 16.4. The predicted molar refractivity (Wildman–Crippen MR) is 129 cm³/mol. The number of carboxylic acids is 1. The third-order valence-corrected chi connectivity index (χ3v) is 6.32. The highest BCUT2D eigenvalue weighted by Gasteiger charge is 2.38. The van der Waals surface area contributed by atoms with E-state index in [9.17, 15) is 14.7 Å². The summed E-state index contributed by atoms with van der Waals surface area (Å²) in [5.41, 5.74) is 15.7. The minimum absolute atomic E-state index is 0.0000659. The van der Waals surface area contributed by atoms with Crippen LogP contribution in [0.5, 0.6) is 0 Å². The molecule has 0 spiro atoms. The Kier molecular flexibility index (Phi) is 6.72. The molecule has 1 saturated heterocycles. The number of benzene rings is 2. The molecule has 34 heavy (non-hydrogen) atoms. The number of guanidine groups is 1. The second-order valence-electron chi connectivity index (χ2n) is 8.48. The number of carboxylic acid groups (broad SMARTS) is 1. The lowest BCUT2D eigenvalue weighted by Crippen LogP contribution is -2.59. The van der Waals surface area contributed by atoms with Gasteiger partial charge in [-0.05, 0) is 35.1 Å². The van der Waals surface area contributed by atoms with Gasteiger partial charge in [-0.1, -0.05) is 55.1 Å². The van der Waals surface area contributed by atoms with E-state index in [1.807, 2.05) is 36.4 Å². The molecule has 1 heterocycles. The number of amides is 1. The number of hydrogen-bond donors (Lipinski definition) is 4. The largest absolute Gasteiger partial charge is 0.480 e. The van der Waals surface area contributed by atoms with Crippen molar-refractivity contribution in [2.24, 2.45) is 16.5 Å². The van der Waals surface area contributed by atoms with Crippen LogP contribution in [0.3, 0.4) is 0 Å². The molecule has 2 aromatic carbocycles. The Morgan fingerprint density at radius 2 is 1.74 bits per heavy atom. The molecule has 2 aromatic rings. The molecule has 1 aliphatic carbocycles. The molecule has 0 saturated carbocycles. The highest BCUT2D eigenvalue weighted by atomic mass is 16.6. The number of ether oxygens (including phenoxy) is 1. The summed E-state index contributed by atoms with van der Waals surface area (Å²) in [7, 11) is 0. The van der Waals surface area contributed by atoms with Crippen LogP contribution >= 0.6 is 0 Å². The van der Waals surface area contributed by atoms with Crippen LogP contribution in [-0.4, -0.2) is 59.8 Å². The molecule has 9 heteroatoms. The summed E-state index contributed by atoms with van der Waals surface area (Å²) in [5.74, 6) is -1.14.